The normalized spacial score (nSPS) is 14.4. The third-order valence-corrected chi connectivity index (χ3v) is 8.23. The van der Waals surface area contributed by atoms with Crippen LogP contribution in [0.2, 0.25) is 0 Å². The Balaban J connectivity index is 2.28. The molecule has 244 valence electrons. The van der Waals surface area contributed by atoms with Crippen LogP contribution in [0.3, 0.4) is 0 Å². The highest BCUT2D eigenvalue weighted by atomic mass is 31.2. The van der Waals surface area contributed by atoms with Crippen LogP contribution >= 0.6 is 7.82 Å². The first-order chi connectivity index (χ1) is 19.7. The van der Waals surface area contributed by atoms with Gasteiger partial charge in [0.1, 0.15) is 17.0 Å². The Morgan fingerprint density at radius 3 is 1.93 bits per heavy atom. The van der Waals surface area contributed by atoms with Crippen molar-refractivity contribution in [2.24, 2.45) is 0 Å². The van der Waals surface area contributed by atoms with Crippen LogP contribution in [-0.4, -0.2) is 39.5 Å². The van der Waals surface area contributed by atoms with E-state index in [2.05, 4.69) is 46.5 Å². The van der Waals surface area contributed by atoms with Crippen molar-refractivity contribution in [3.63, 3.8) is 0 Å². The van der Waals surface area contributed by atoms with E-state index < -0.39 is 36.3 Å². The van der Waals surface area contributed by atoms with E-state index in [1.807, 2.05) is 0 Å². The molecule has 0 aliphatic heterocycles. The number of nitrogens with one attached hydrogen (secondary N) is 2. The Bertz CT molecular complexity index is 1170. The first-order valence-electron chi connectivity index (χ1n) is 15.5. The van der Waals surface area contributed by atoms with Crippen LogP contribution in [0, 0.1) is 0 Å². The zero-order chi connectivity index (χ0) is 32.5. The maximum absolute atomic E-state index is 13.8. The average Bonchev–Trinajstić information content (AvgIpc) is 3.33. The van der Waals surface area contributed by atoms with Crippen LogP contribution in [0.25, 0.3) is 11.3 Å². The van der Waals surface area contributed by atoms with Gasteiger partial charge in [0, 0.05) is 0 Å². The maximum atomic E-state index is 13.8. The predicted molar refractivity (Wildman–Crippen MR) is 173 cm³/mol. The van der Waals surface area contributed by atoms with E-state index in [-0.39, 0.29) is 6.61 Å². The number of imidazole rings is 1. The molecule has 2 N–H and O–H groups in total. The molecule has 1 aromatic heterocycles. The number of nitrogens with zero attached hydrogens (tertiary/aromatic N) is 1. The lowest BCUT2D eigenvalue weighted by molar-refractivity contribution is -0.00771. The number of carbonyl (C=O) groups is 1. The van der Waals surface area contributed by atoms with Gasteiger partial charge in [-0.15, -0.1) is 0 Å². The van der Waals surface area contributed by atoms with E-state index in [4.69, 9.17) is 18.3 Å². The third-order valence-electron chi connectivity index (χ3n) is 6.24. The van der Waals surface area contributed by atoms with Gasteiger partial charge in [0.15, 0.2) is 0 Å². The number of aromatic amines is 1. The summed E-state index contributed by atoms with van der Waals surface area (Å²) in [5.74, 6) is 0.405. The number of benzene rings is 1. The molecule has 43 heavy (non-hydrogen) atoms. The monoisotopic (exact) mass is 621 g/mol. The Labute approximate surface area is 259 Å². The molecule has 1 atom stereocenters. The number of unbranched alkanes of at least 4 members (excludes halogenated alkanes) is 5. The Kier molecular flexibility index (Phi) is 13.1. The second-order valence-corrected chi connectivity index (χ2v) is 16.0. The highest BCUT2D eigenvalue weighted by molar-refractivity contribution is 7.48. The molecule has 0 fully saturated rings. The van der Waals surface area contributed by atoms with Gasteiger partial charge < -0.3 is 15.0 Å². The molecule has 0 aliphatic carbocycles. The van der Waals surface area contributed by atoms with E-state index in [1.165, 1.54) is 44.1 Å². The summed E-state index contributed by atoms with van der Waals surface area (Å²) in [6, 6.07) is 8.43. The van der Waals surface area contributed by atoms with Gasteiger partial charge in [-0.2, -0.15) is 0 Å². The van der Waals surface area contributed by atoms with Gasteiger partial charge in [0.05, 0.1) is 29.7 Å². The first kappa shape index (κ1) is 37.0. The molecule has 2 aromatic rings. The SMILES string of the molecule is CCCCCCCCc1ccc(-c2cnc(C(C)(COP(=O)(OC(C)(C)C)OC(C)(C)C)NC(=O)OC(C)(C)C)[nH]2)cc1. The van der Waals surface area contributed by atoms with Crippen molar-refractivity contribution in [3.05, 3.63) is 41.9 Å². The van der Waals surface area contributed by atoms with Gasteiger partial charge in [0.2, 0.25) is 0 Å². The van der Waals surface area contributed by atoms with Crippen molar-refractivity contribution < 1.29 is 27.7 Å². The van der Waals surface area contributed by atoms with Crippen molar-refractivity contribution in [3.8, 4) is 11.3 Å². The summed E-state index contributed by atoms with van der Waals surface area (Å²) in [6.07, 6.45) is 9.73. The lowest BCUT2D eigenvalue weighted by Crippen LogP contribution is -2.49. The molecule has 1 unspecified atom stereocenters. The molecule has 0 saturated carbocycles. The summed E-state index contributed by atoms with van der Waals surface area (Å²) in [5, 5.41) is 2.87. The topological polar surface area (TPSA) is 112 Å². The number of rotatable bonds is 15. The van der Waals surface area contributed by atoms with Crippen molar-refractivity contribution in [1.29, 1.82) is 0 Å². The molecule has 2 rings (SSSR count). The second-order valence-electron chi connectivity index (χ2n) is 14.4. The number of ether oxygens (including phenoxy) is 1. The number of amides is 1. The van der Waals surface area contributed by atoms with E-state index in [9.17, 15) is 9.36 Å². The number of phosphoric ester groups is 1. The molecule has 9 nitrogen and oxygen atoms in total. The fourth-order valence-corrected chi connectivity index (χ4v) is 6.25. The molecule has 0 radical (unpaired) electrons. The minimum atomic E-state index is -4.07. The fraction of sp³-hybridized carbons (Fsp3) is 0.697. The standard InChI is InChI=1S/C33H56N3O6P/c1-12-13-14-15-16-17-18-25-19-21-26(22-20-25)27-23-34-28(35-27)33(11,36-29(37)40-30(2,3)4)24-39-43(38,41-31(5,6)7)42-32(8,9)10/h19-23H,12-18,24H2,1-11H3,(H,34,35)(H,36,37). The van der Waals surface area contributed by atoms with Gasteiger partial charge in [-0.3, -0.25) is 13.6 Å². The zero-order valence-electron chi connectivity index (χ0n) is 28.4. The van der Waals surface area contributed by atoms with Crippen LogP contribution in [-0.2, 0) is 34.8 Å². The van der Waals surface area contributed by atoms with Crippen molar-refractivity contribution in [2.75, 3.05) is 6.61 Å². The summed E-state index contributed by atoms with van der Waals surface area (Å²) in [5.41, 5.74) is -0.572. The first-order valence-corrected chi connectivity index (χ1v) is 17.0. The molecule has 1 heterocycles. The average molecular weight is 622 g/mol. The van der Waals surface area contributed by atoms with E-state index in [0.29, 0.717) is 5.82 Å². The van der Waals surface area contributed by atoms with Gasteiger partial charge in [0.25, 0.3) is 0 Å². The van der Waals surface area contributed by atoms with Gasteiger partial charge >= 0.3 is 13.9 Å². The molecule has 0 spiro atoms. The number of aryl methyl sites for hydroxylation is 1. The Morgan fingerprint density at radius 2 is 1.40 bits per heavy atom. The number of H-pyrrole nitrogens is 1. The summed E-state index contributed by atoms with van der Waals surface area (Å²) in [6.45, 7) is 19.7. The molecule has 1 amide bonds. The number of hydrogen-bond donors (Lipinski definition) is 2. The molecule has 10 heteroatoms. The molecular formula is C33H56N3O6P. The van der Waals surface area contributed by atoms with Crippen molar-refractivity contribution >= 4 is 13.9 Å². The second kappa shape index (κ2) is 15.2. The van der Waals surface area contributed by atoms with Crippen molar-refractivity contribution in [2.45, 2.75) is 143 Å². The Morgan fingerprint density at radius 1 is 0.837 bits per heavy atom. The summed E-state index contributed by atoms with van der Waals surface area (Å²) in [7, 11) is -4.07. The Hall–Kier alpha value is -2.19. The van der Waals surface area contributed by atoms with E-state index in [0.717, 1.165) is 17.7 Å². The van der Waals surface area contributed by atoms with Crippen LogP contribution in [0.15, 0.2) is 30.5 Å². The number of phosphoric acid groups is 1. The molecular weight excluding hydrogens is 565 g/mol. The quantitative estimate of drug-likeness (QED) is 0.150. The third kappa shape index (κ3) is 14.0. The van der Waals surface area contributed by atoms with Crippen molar-refractivity contribution in [1.82, 2.24) is 15.3 Å². The lowest BCUT2D eigenvalue weighted by atomic mass is 10.0. The minimum Gasteiger partial charge on any atom is -0.444 e. The highest BCUT2D eigenvalue weighted by Crippen LogP contribution is 2.56. The van der Waals surface area contributed by atoms with Gasteiger partial charge in [-0.25, -0.2) is 14.3 Å². The number of carbonyl (C=O) groups excluding carboxylic acids is 1. The number of alkyl carbamates (subject to hydrolysis) is 1. The van der Waals surface area contributed by atoms with Crippen LogP contribution < -0.4 is 5.32 Å². The number of hydrogen-bond acceptors (Lipinski definition) is 7. The van der Waals surface area contributed by atoms with E-state index >= 15 is 0 Å². The van der Waals surface area contributed by atoms with Gasteiger partial charge in [-0.05, 0) is 93.2 Å². The van der Waals surface area contributed by atoms with Crippen LogP contribution in [0.1, 0.15) is 126 Å². The van der Waals surface area contributed by atoms with Crippen LogP contribution in [0.5, 0.6) is 0 Å². The van der Waals surface area contributed by atoms with Gasteiger partial charge in [-0.1, -0.05) is 63.3 Å². The predicted octanol–water partition coefficient (Wildman–Crippen LogP) is 9.47. The summed E-state index contributed by atoms with van der Waals surface area (Å²) >= 11 is 0. The molecule has 0 aliphatic rings. The minimum absolute atomic E-state index is 0.264. The maximum Gasteiger partial charge on any atom is 0.475 e. The largest absolute Gasteiger partial charge is 0.475 e. The highest BCUT2D eigenvalue weighted by Gasteiger charge is 2.42. The van der Waals surface area contributed by atoms with E-state index in [1.54, 1.807) is 75.4 Å². The smallest absolute Gasteiger partial charge is 0.444 e. The zero-order valence-corrected chi connectivity index (χ0v) is 29.3. The summed E-state index contributed by atoms with van der Waals surface area (Å²) < 4.78 is 36.8. The fourth-order valence-electron chi connectivity index (χ4n) is 4.35. The van der Waals surface area contributed by atoms with Crippen LogP contribution in [0.4, 0.5) is 4.79 Å². The lowest BCUT2D eigenvalue weighted by Gasteiger charge is -2.34. The molecule has 0 saturated heterocycles. The molecule has 0 bridgehead atoms. The number of aromatic nitrogens is 2. The molecule has 1 aromatic carbocycles. The summed E-state index contributed by atoms with van der Waals surface area (Å²) in [4.78, 5) is 20.9.